The quantitative estimate of drug-likeness (QED) is 0.469. The molecule has 6 heteroatoms. The molecule has 2 aromatic rings. The molecule has 4 rings (SSSR count). The third-order valence-corrected chi connectivity index (χ3v) is 6.37. The van der Waals surface area contributed by atoms with Gasteiger partial charge in [-0.15, -0.1) is 0 Å². The summed E-state index contributed by atoms with van der Waals surface area (Å²) in [5.41, 5.74) is 4.03. The summed E-state index contributed by atoms with van der Waals surface area (Å²) >= 11 is 1.51. The van der Waals surface area contributed by atoms with Crippen LogP contribution >= 0.6 is 11.9 Å². The van der Waals surface area contributed by atoms with Gasteiger partial charge < -0.3 is 9.21 Å². The molecular weight excluding hydrogens is 334 g/mol. The first kappa shape index (κ1) is 16.4. The van der Waals surface area contributed by atoms with Crippen molar-refractivity contribution in [3.05, 3.63) is 63.7 Å². The van der Waals surface area contributed by atoms with Crippen LogP contribution in [0, 0.1) is 17.0 Å². The molecular formula is C19H21N3O2S. The van der Waals surface area contributed by atoms with Gasteiger partial charge in [0.2, 0.25) is 0 Å². The summed E-state index contributed by atoms with van der Waals surface area (Å²) in [6.07, 6.45) is 1.07. The summed E-state index contributed by atoms with van der Waals surface area (Å²) in [4.78, 5) is 14.2. The Morgan fingerprint density at radius 1 is 1.24 bits per heavy atom. The monoisotopic (exact) mass is 355 g/mol. The Kier molecular flexibility index (Phi) is 4.17. The highest BCUT2D eigenvalue weighted by atomic mass is 32.2. The zero-order chi connectivity index (χ0) is 17.6. The summed E-state index contributed by atoms with van der Waals surface area (Å²) in [7, 11) is 2.17. The minimum atomic E-state index is -0.291. The molecule has 2 heterocycles. The highest BCUT2D eigenvalue weighted by Crippen LogP contribution is 2.50. The van der Waals surface area contributed by atoms with Crippen molar-refractivity contribution in [1.29, 1.82) is 0 Å². The summed E-state index contributed by atoms with van der Waals surface area (Å²) < 4.78 is 2.31. The molecule has 1 saturated heterocycles. The molecule has 2 aromatic carbocycles. The van der Waals surface area contributed by atoms with Gasteiger partial charge in [-0.05, 0) is 56.6 Å². The van der Waals surface area contributed by atoms with Crippen LogP contribution in [0.1, 0.15) is 23.5 Å². The second-order valence-corrected chi connectivity index (χ2v) is 7.94. The molecule has 5 nitrogen and oxygen atoms in total. The zero-order valence-electron chi connectivity index (χ0n) is 14.4. The second-order valence-electron chi connectivity index (χ2n) is 6.93. The van der Waals surface area contributed by atoms with Crippen molar-refractivity contribution in [2.75, 3.05) is 24.4 Å². The van der Waals surface area contributed by atoms with Crippen molar-refractivity contribution in [3.63, 3.8) is 0 Å². The number of fused-ring (bicyclic) bond motifs is 3. The van der Waals surface area contributed by atoms with Gasteiger partial charge >= 0.3 is 0 Å². The minimum absolute atomic E-state index is 0.178. The van der Waals surface area contributed by atoms with Gasteiger partial charge in [-0.2, -0.15) is 0 Å². The van der Waals surface area contributed by atoms with E-state index in [1.165, 1.54) is 28.8 Å². The van der Waals surface area contributed by atoms with Crippen molar-refractivity contribution >= 4 is 23.3 Å². The van der Waals surface area contributed by atoms with Crippen molar-refractivity contribution < 1.29 is 4.92 Å². The fourth-order valence-electron chi connectivity index (χ4n) is 3.95. The zero-order valence-corrected chi connectivity index (χ0v) is 15.2. The van der Waals surface area contributed by atoms with Crippen molar-refractivity contribution in [2.24, 2.45) is 0 Å². The molecule has 0 aliphatic carbocycles. The summed E-state index contributed by atoms with van der Waals surface area (Å²) in [6.45, 7) is 4.22. The Labute approximate surface area is 151 Å². The largest absolute Gasteiger partial charge is 0.308 e. The first-order chi connectivity index (χ1) is 12.0. The molecule has 25 heavy (non-hydrogen) atoms. The SMILES string of the molecule is Cc1ccc2c(c1)[C@@H]1CN(C)CC[C@@H]1N2Sc1ccccc1[N+](=O)[O-]. The van der Waals surface area contributed by atoms with E-state index in [1.807, 2.05) is 12.1 Å². The van der Waals surface area contributed by atoms with E-state index in [-0.39, 0.29) is 10.6 Å². The molecule has 1 fully saturated rings. The number of nitrogens with zero attached hydrogens (tertiary/aromatic N) is 3. The molecule has 0 spiro atoms. The Morgan fingerprint density at radius 3 is 2.84 bits per heavy atom. The van der Waals surface area contributed by atoms with E-state index in [9.17, 15) is 10.1 Å². The van der Waals surface area contributed by atoms with E-state index in [0.717, 1.165) is 19.5 Å². The van der Waals surface area contributed by atoms with Crippen LogP contribution in [0.25, 0.3) is 0 Å². The molecule has 0 radical (unpaired) electrons. The number of hydrogen-bond acceptors (Lipinski definition) is 5. The summed E-state index contributed by atoms with van der Waals surface area (Å²) in [6, 6.07) is 14.0. The topological polar surface area (TPSA) is 49.6 Å². The van der Waals surface area contributed by atoms with Crippen LogP contribution in [-0.4, -0.2) is 36.0 Å². The molecule has 2 aliphatic rings. The van der Waals surface area contributed by atoms with Crippen LogP contribution in [0.3, 0.4) is 0 Å². The Hall–Kier alpha value is -2.05. The molecule has 2 atom stereocenters. The number of rotatable bonds is 3. The molecule has 0 amide bonds. The number of likely N-dealkylation sites (tertiary alicyclic amines) is 1. The number of benzene rings is 2. The van der Waals surface area contributed by atoms with Crippen LogP contribution in [-0.2, 0) is 0 Å². The molecule has 0 unspecified atom stereocenters. The number of anilines is 1. The lowest BCUT2D eigenvalue weighted by atomic mass is 9.89. The molecule has 0 aromatic heterocycles. The standard InChI is InChI=1S/C19H21N3O2S/c1-13-7-8-16-14(11-13)15-12-20(2)10-9-17(15)21(16)25-19-6-4-3-5-18(19)22(23)24/h3-8,11,15,17H,9-10,12H2,1-2H3/t15-,17-/m0/s1. The lowest BCUT2D eigenvalue weighted by Gasteiger charge is -2.36. The van der Waals surface area contributed by atoms with Crippen LogP contribution in [0.4, 0.5) is 11.4 Å². The Balaban J connectivity index is 1.74. The van der Waals surface area contributed by atoms with E-state index in [0.29, 0.717) is 16.9 Å². The van der Waals surface area contributed by atoms with E-state index in [1.54, 1.807) is 12.1 Å². The fraction of sp³-hybridized carbons (Fsp3) is 0.368. The lowest BCUT2D eigenvalue weighted by Crippen LogP contribution is -2.42. The maximum atomic E-state index is 11.4. The van der Waals surface area contributed by atoms with Gasteiger partial charge in [0.05, 0.1) is 16.7 Å². The number of piperidine rings is 1. The number of likely N-dealkylation sites (N-methyl/N-ethyl adjacent to an activating group) is 1. The average Bonchev–Trinajstić information content (AvgIpc) is 2.88. The van der Waals surface area contributed by atoms with E-state index in [4.69, 9.17) is 0 Å². The van der Waals surface area contributed by atoms with Gasteiger partial charge in [0.15, 0.2) is 0 Å². The lowest BCUT2D eigenvalue weighted by molar-refractivity contribution is -0.387. The Morgan fingerprint density at radius 2 is 2.04 bits per heavy atom. The normalized spacial score (nSPS) is 22.6. The van der Waals surface area contributed by atoms with E-state index in [2.05, 4.69) is 41.4 Å². The predicted octanol–water partition coefficient (Wildman–Crippen LogP) is 4.22. The van der Waals surface area contributed by atoms with Gasteiger partial charge in [-0.3, -0.25) is 10.1 Å². The molecule has 2 aliphatic heterocycles. The van der Waals surface area contributed by atoms with Gasteiger partial charge in [0, 0.05) is 18.5 Å². The third kappa shape index (κ3) is 2.89. The predicted molar refractivity (Wildman–Crippen MR) is 101 cm³/mol. The third-order valence-electron chi connectivity index (χ3n) is 5.16. The number of hydrogen-bond donors (Lipinski definition) is 0. The van der Waals surface area contributed by atoms with E-state index >= 15 is 0 Å². The Bertz CT molecular complexity index is 826. The van der Waals surface area contributed by atoms with Crippen LogP contribution in [0.5, 0.6) is 0 Å². The minimum Gasteiger partial charge on any atom is -0.308 e. The number of nitro groups is 1. The fourth-order valence-corrected chi connectivity index (χ4v) is 5.19. The summed E-state index contributed by atoms with van der Waals surface area (Å²) in [5.74, 6) is 0.462. The molecule has 0 N–H and O–H groups in total. The van der Waals surface area contributed by atoms with Crippen molar-refractivity contribution in [2.45, 2.75) is 30.2 Å². The van der Waals surface area contributed by atoms with Crippen molar-refractivity contribution in [3.8, 4) is 0 Å². The number of nitro benzene ring substituents is 1. The first-order valence-corrected chi connectivity index (χ1v) is 9.31. The van der Waals surface area contributed by atoms with Crippen LogP contribution in [0.2, 0.25) is 0 Å². The molecule has 0 saturated carbocycles. The number of para-hydroxylation sites is 1. The van der Waals surface area contributed by atoms with Gasteiger partial charge in [-0.25, -0.2) is 0 Å². The highest BCUT2D eigenvalue weighted by molar-refractivity contribution is 8.00. The molecule has 130 valence electrons. The summed E-state index contributed by atoms with van der Waals surface area (Å²) in [5, 5.41) is 11.4. The maximum absolute atomic E-state index is 11.4. The van der Waals surface area contributed by atoms with Gasteiger partial charge in [0.1, 0.15) is 4.90 Å². The van der Waals surface area contributed by atoms with Gasteiger partial charge in [-0.1, -0.05) is 29.8 Å². The maximum Gasteiger partial charge on any atom is 0.284 e. The first-order valence-electron chi connectivity index (χ1n) is 8.54. The van der Waals surface area contributed by atoms with Crippen molar-refractivity contribution in [1.82, 2.24) is 4.90 Å². The van der Waals surface area contributed by atoms with Crippen LogP contribution < -0.4 is 4.31 Å². The van der Waals surface area contributed by atoms with Crippen LogP contribution in [0.15, 0.2) is 47.4 Å². The van der Waals surface area contributed by atoms with Gasteiger partial charge in [0.25, 0.3) is 5.69 Å². The average molecular weight is 355 g/mol. The second kappa shape index (κ2) is 6.35. The molecule has 0 bridgehead atoms. The number of aryl methyl sites for hydroxylation is 1. The van der Waals surface area contributed by atoms with E-state index < -0.39 is 0 Å². The smallest absolute Gasteiger partial charge is 0.284 e. The highest BCUT2D eigenvalue weighted by Gasteiger charge is 2.42.